The molecule has 2 atom stereocenters. The number of nitrogens with one attached hydrogen (secondary N) is 2. The Morgan fingerprint density at radius 1 is 1.10 bits per heavy atom. The topological polar surface area (TPSA) is 139 Å². The van der Waals surface area contributed by atoms with Crippen LogP contribution in [0.2, 0.25) is 0 Å². The molecule has 4 aromatic rings. The van der Waals surface area contributed by atoms with Gasteiger partial charge in [-0.15, -0.1) is 0 Å². The van der Waals surface area contributed by atoms with Crippen molar-refractivity contribution in [3.05, 3.63) is 54.3 Å². The molecule has 48 heavy (non-hydrogen) atoms. The average Bonchev–Trinajstić information content (AvgIpc) is 3.67. The molecule has 260 valence electrons. The second-order valence-corrected chi connectivity index (χ2v) is 13.7. The lowest BCUT2D eigenvalue weighted by Gasteiger charge is -2.39. The number of aromatic amines is 1. The molecule has 1 aliphatic carbocycles. The minimum Gasteiger partial charge on any atom is -0.491 e. The van der Waals surface area contributed by atoms with Crippen molar-refractivity contribution in [3.63, 3.8) is 0 Å². The number of likely N-dealkylation sites (tertiary alicyclic amines) is 1. The summed E-state index contributed by atoms with van der Waals surface area (Å²) in [4.78, 5) is 18.3. The van der Waals surface area contributed by atoms with Crippen LogP contribution in [-0.4, -0.2) is 82.9 Å². The Balaban J connectivity index is 0.977. The van der Waals surface area contributed by atoms with Gasteiger partial charge in [-0.05, 0) is 82.6 Å². The number of benzene rings is 2. The minimum absolute atomic E-state index is 0.0579. The lowest BCUT2D eigenvalue weighted by Crippen LogP contribution is -2.47. The molecule has 11 heteroatoms. The monoisotopic (exact) mass is 663 g/mol. The van der Waals surface area contributed by atoms with Gasteiger partial charge in [-0.25, -0.2) is 4.79 Å². The molecule has 1 aliphatic heterocycles. The van der Waals surface area contributed by atoms with Gasteiger partial charge in [0, 0.05) is 54.1 Å². The van der Waals surface area contributed by atoms with Crippen molar-refractivity contribution in [2.24, 2.45) is 5.92 Å². The van der Waals surface area contributed by atoms with Gasteiger partial charge in [0.25, 0.3) is 0 Å². The highest BCUT2D eigenvalue weighted by molar-refractivity contribution is 5.88. The first-order chi connectivity index (χ1) is 23.1. The van der Waals surface area contributed by atoms with Crippen LogP contribution in [0, 0.1) is 5.92 Å². The number of aliphatic hydroxyl groups excluding tert-OH is 1. The van der Waals surface area contributed by atoms with E-state index in [9.17, 15) is 15.0 Å². The number of piperidine rings is 1. The van der Waals surface area contributed by atoms with Gasteiger partial charge >= 0.3 is 6.09 Å². The van der Waals surface area contributed by atoms with Gasteiger partial charge < -0.3 is 48.8 Å². The van der Waals surface area contributed by atoms with E-state index in [1.807, 2.05) is 50.2 Å². The number of fused-ring (bicyclic) bond motifs is 2. The second kappa shape index (κ2) is 15.2. The van der Waals surface area contributed by atoms with E-state index in [4.69, 9.17) is 23.4 Å². The summed E-state index contributed by atoms with van der Waals surface area (Å²) in [6.07, 6.45) is 5.24. The van der Waals surface area contributed by atoms with E-state index in [0.29, 0.717) is 69.1 Å². The van der Waals surface area contributed by atoms with Crippen LogP contribution in [0.25, 0.3) is 21.9 Å². The number of hydrogen-bond acceptors (Lipinski definition) is 9. The van der Waals surface area contributed by atoms with Gasteiger partial charge in [0.2, 0.25) is 5.88 Å². The van der Waals surface area contributed by atoms with E-state index >= 15 is 0 Å². The molecule has 11 nitrogen and oxygen atoms in total. The maximum Gasteiger partial charge on any atom is 0.414 e. The molecule has 3 heterocycles. The van der Waals surface area contributed by atoms with Gasteiger partial charge in [-0.3, -0.25) is 0 Å². The molecule has 0 unspecified atom stereocenters. The Morgan fingerprint density at radius 3 is 2.73 bits per heavy atom. The predicted molar refractivity (Wildman–Crippen MR) is 183 cm³/mol. The highest BCUT2D eigenvalue weighted by atomic mass is 16.6. The van der Waals surface area contributed by atoms with E-state index in [1.54, 1.807) is 12.3 Å². The molecule has 2 aromatic carbocycles. The second-order valence-electron chi connectivity index (χ2n) is 13.7. The minimum atomic E-state index is -0.724. The van der Waals surface area contributed by atoms with Gasteiger partial charge in [-0.1, -0.05) is 13.0 Å². The standard InChI is InChI=1S/C37H49N3O8/c1-24(2)44-17-18-45-28-7-8-29-26(23-47-34(29)19-28)22-46-33-6-4-5-31-30(33)20-35(39-31)48-36(42)38-27-9-12-37(43,13-10-27)14-16-40-15-11-32(41)25(3)21-40/h4-8,19-20,23-25,27,32,39,41,43H,9-18,21-22H2,1-3H3,(H,38,42)/t25-,27?,32-,37?/m0/s1. The summed E-state index contributed by atoms with van der Waals surface area (Å²) in [5.41, 5.74) is 1.69. The predicted octanol–water partition coefficient (Wildman–Crippen LogP) is 6.15. The lowest BCUT2D eigenvalue weighted by atomic mass is 9.80. The van der Waals surface area contributed by atoms with Crippen molar-refractivity contribution in [3.8, 4) is 17.4 Å². The van der Waals surface area contributed by atoms with Crippen molar-refractivity contribution in [1.82, 2.24) is 15.2 Å². The normalized spacial score (nSPS) is 23.5. The zero-order valence-electron chi connectivity index (χ0n) is 28.2. The Kier molecular flexibility index (Phi) is 10.8. The first kappa shape index (κ1) is 34.1. The molecule has 2 aromatic heterocycles. The number of hydrogen-bond donors (Lipinski definition) is 4. The van der Waals surface area contributed by atoms with Crippen LogP contribution in [-0.2, 0) is 11.3 Å². The average molecular weight is 664 g/mol. The van der Waals surface area contributed by atoms with E-state index in [1.165, 1.54) is 0 Å². The number of carbonyl (C=O) groups excluding carboxylic acids is 1. The number of furan rings is 1. The van der Waals surface area contributed by atoms with Crippen molar-refractivity contribution < 1.29 is 38.4 Å². The van der Waals surface area contributed by atoms with Crippen LogP contribution in [0.1, 0.15) is 64.9 Å². The number of ether oxygens (including phenoxy) is 4. The van der Waals surface area contributed by atoms with Gasteiger partial charge in [-0.2, -0.15) is 0 Å². The SMILES string of the molecule is CC(C)OCCOc1ccc2c(COc3cccc4[nH]c(OC(=O)NC5CCC(O)(CCN6CC[C@H](O)[C@@H](C)C6)CC5)cc34)coc2c1. The Bertz CT molecular complexity index is 1660. The molecule has 1 saturated carbocycles. The zero-order valence-corrected chi connectivity index (χ0v) is 28.2. The first-order valence-electron chi connectivity index (χ1n) is 17.2. The summed E-state index contributed by atoms with van der Waals surface area (Å²) >= 11 is 0. The van der Waals surface area contributed by atoms with E-state index in [-0.39, 0.29) is 24.2 Å². The fourth-order valence-corrected chi connectivity index (χ4v) is 6.78. The largest absolute Gasteiger partial charge is 0.491 e. The molecule has 0 radical (unpaired) electrons. The molecular weight excluding hydrogens is 614 g/mol. The third-order valence-electron chi connectivity index (χ3n) is 9.69. The first-order valence-corrected chi connectivity index (χ1v) is 17.2. The van der Waals surface area contributed by atoms with Crippen molar-refractivity contribution in [1.29, 1.82) is 0 Å². The molecule has 0 bridgehead atoms. The Morgan fingerprint density at radius 2 is 1.94 bits per heavy atom. The van der Waals surface area contributed by atoms with E-state index in [2.05, 4.69) is 22.1 Å². The van der Waals surface area contributed by atoms with Crippen molar-refractivity contribution >= 4 is 28.0 Å². The smallest absolute Gasteiger partial charge is 0.414 e. The summed E-state index contributed by atoms with van der Waals surface area (Å²) < 4.78 is 29.0. The number of aromatic nitrogens is 1. The van der Waals surface area contributed by atoms with E-state index in [0.717, 1.165) is 53.7 Å². The number of H-pyrrole nitrogens is 1. The summed E-state index contributed by atoms with van der Waals surface area (Å²) in [5.74, 6) is 1.96. The molecular formula is C37H49N3O8. The zero-order chi connectivity index (χ0) is 33.7. The van der Waals surface area contributed by atoms with Crippen LogP contribution in [0.3, 0.4) is 0 Å². The maximum absolute atomic E-state index is 12.8. The fraction of sp³-hybridized carbons (Fsp3) is 0.541. The maximum atomic E-state index is 12.8. The molecule has 2 aliphatic rings. The van der Waals surface area contributed by atoms with E-state index < -0.39 is 11.7 Å². The van der Waals surface area contributed by atoms with Crippen molar-refractivity contribution in [2.75, 3.05) is 32.8 Å². The number of carbonyl (C=O) groups is 1. The molecule has 0 spiro atoms. The van der Waals surface area contributed by atoms with Crippen LogP contribution < -0.4 is 19.5 Å². The molecule has 2 fully saturated rings. The van der Waals surface area contributed by atoms with Crippen LogP contribution in [0.5, 0.6) is 17.4 Å². The number of rotatable bonds is 13. The third kappa shape index (κ3) is 8.63. The fourth-order valence-electron chi connectivity index (χ4n) is 6.78. The van der Waals surface area contributed by atoms with Crippen molar-refractivity contribution in [2.45, 2.75) is 89.8 Å². The number of nitrogens with zero attached hydrogens (tertiary/aromatic N) is 1. The van der Waals surface area contributed by atoms with Crippen LogP contribution in [0.4, 0.5) is 4.79 Å². The molecule has 6 rings (SSSR count). The Hall–Kier alpha value is -3.77. The van der Waals surface area contributed by atoms with Crippen LogP contribution in [0.15, 0.2) is 53.1 Å². The van der Waals surface area contributed by atoms with Gasteiger partial charge in [0.15, 0.2) is 0 Å². The van der Waals surface area contributed by atoms with Crippen LogP contribution >= 0.6 is 0 Å². The third-order valence-corrected chi connectivity index (χ3v) is 9.69. The van der Waals surface area contributed by atoms with Gasteiger partial charge in [0.05, 0.1) is 36.2 Å². The summed E-state index contributed by atoms with van der Waals surface area (Å²) in [5, 5.41) is 25.9. The molecule has 1 amide bonds. The lowest BCUT2D eigenvalue weighted by molar-refractivity contribution is -0.0271. The number of amides is 1. The Labute approximate surface area is 281 Å². The molecule has 4 N–H and O–H groups in total. The van der Waals surface area contributed by atoms with Gasteiger partial charge in [0.1, 0.15) is 30.3 Å². The quantitative estimate of drug-likeness (QED) is 0.124. The molecule has 1 saturated heterocycles. The summed E-state index contributed by atoms with van der Waals surface area (Å²) in [6.45, 7) is 9.90. The summed E-state index contributed by atoms with van der Waals surface area (Å²) in [6, 6.07) is 13.1. The number of aliphatic hydroxyl groups is 2. The highest BCUT2D eigenvalue weighted by Gasteiger charge is 2.35. The summed E-state index contributed by atoms with van der Waals surface area (Å²) in [7, 11) is 0. The highest BCUT2D eigenvalue weighted by Crippen LogP contribution is 2.34.